The fraction of sp³-hybridized carbons (Fsp3) is 0.562. The Morgan fingerprint density at radius 2 is 2.22 bits per heavy atom. The Bertz CT molecular complexity index is 719. The fourth-order valence-electron chi connectivity index (χ4n) is 2.87. The molecule has 2 aromatic rings. The van der Waals surface area contributed by atoms with Crippen molar-refractivity contribution in [2.45, 2.75) is 45.1 Å². The SMILES string of the molecule is CC(C)(C)OC(=O)N1CCCC(c2cn3ccnc(N)c3n2)C1. The Morgan fingerprint density at radius 3 is 2.91 bits per heavy atom. The molecule has 2 aromatic heterocycles. The van der Waals surface area contributed by atoms with Crippen LogP contribution in [0.3, 0.4) is 0 Å². The molecule has 0 saturated carbocycles. The van der Waals surface area contributed by atoms with E-state index in [2.05, 4.69) is 9.97 Å². The predicted molar refractivity (Wildman–Crippen MR) is 87.2 cm³/mol. The van der Waals surface area contributed by atoms with Crippen molar-refractivity contribution in [2.75, 3.05) is 18.8 Å². The summed E-state index contributed by atoms with van der Waals surface area (Å²) in [6, 6.07) is 0. The fourth-order valence-corrected chi connectivity index (χ4v) is 2.87. The van der Waals surface area contributed by atoms with Crippen molar-refractivity contribution in [3.8, 4) is 0 Å². The topological polar surface area (TPSA) is 85.8 Å². The van der Waals surface area contributed by atoms with Crippen LogP contribution in [0.4, 0.5) is 10.6 Å². The van der Waals surface area contributed by atoms with Gasteiger partial charge >= 0.3 is 6.09 Å². The number of anilines is 1. The maximum atomic E-state index is 12.3. The molecule has 1 fully saturated rings. The first kappa shape index (κ1) is 15.6. The van der Waals surface area contributed by atoms with Gasteiger partial charge < -0.3 is 19.8 Å². The summed E-state index contributed by atoms with van der Waals surface area (Å²) in [5.74, 6) is 0.606. The van der Waals surface area contributed by atoms with E-state index in [4.69, 9.17) is 10.5 Å². The maximum Gasteiger partial charge on any atom is 0.410 e. The van der Waals surface area contributed by atoms with Gasteiger partial charge in [0.2, 0.25) is 0 Å². The lowest BCUT2D eigenvalue weighted by molar-refractivity contribution is 0.0197. The van der Waals surface area contributed by atoms with Crippen LogP contribution >= 0.6 is 0 Å². The Kier molecular flexibility index (Phi) is 3.87. The molecule has 1 aliphatic heterocycles. The van der Waals surface area contributed by atoms with Gasteiger partial charge in [0.25, 0.3) is 0 Å². The van der Waals surface area contributed by atoms with Gasteiger partial charge in [-0.25, -0.2) is 14.8 Å². The second kappa shape index (κ2) is 5.72. The van der Waals surface area contributed by atoms with E-state index in [1.54, 1.807) is 11.1 Å². The van der Waals surface area contributed by atoms with E-state index in [0.29, 0.717) is 18.0 Å². The third kappa shape index (κ3) is 3.38. The molecule has 0 radical (unpaired) electrons. The van der Waals surface area contributed by atoms with Gasteiger partial charge in [-0.3, -0.25) is 0 Å². The average Bonchev–Trinajstić information content (AvgIpc) is 2.91. The molecule has 0 aromatic carbocycles. The molecule has 0 bridgehead atoms. The minimum Gasteiger partial charge on any atom is -0.444 e. The van der Waals surface area contributed by atoms with Gasteiger partial charge in [-0.15, -0.1) is 0 Å². The second-order valence-corrected chi connectivity index (χ2v) is 6.97. The number of carbonyl (C=O) groups is 1. The van der Waals surface area contributed by atoms with Crippen LogP contribution < -0.4 is 5.73 Å². The average molecular weight is 317 g/mol. The van der Waals surface area contributed by atoms with Crippen LogP contribution in [0.5, 0.6) is 0 Å². The van der Waals surface area contributed by atoms with Crippen molar-refractivity contribution in [1.29, 1.82) is 0 Å². The van der Waals surface area contributed by atoms with Crippen LogP contribution in [-0.4, -0.2) is 44.1 Å². The van der Waals surface area contributed by atoms with E-state index < -0.39 is 5.60 Å². The molecule has 1 atom stereocenters. The Labute approximate surface area is 135 Å². The molecular formula is C16H23N5O2. The summed E-state index contributed by atoms with van der Waals surface area (Å²) >= 11 is 0. The molecule has 2 N–H and O–H groups in total. The number of hydrogen-bond donors (Lipinski definition) is 1. The highest BCUT2D eigenvalue weighted by atomic mass is 16.6. The molecule has 1 unspecified atom stereocenters. The molecule has 3 heterocycles. The summed E-state index contributed by atoms with van der Waals surface area (Å²) in [5, 5.41) is 0. The molecule has 124 valence electrons. The van der Waals surface area contributed by atoms with Gasteiger partial charge in [-0.1, -0.05) is 0 Å². The molecule has 3 rings (SSSR count). The number of imidazole rings is 1. The minimum atomic E-state index is -0.479. The number of piperidine rings is 1. The lowest BCUT2D eigenvalue weighted by atomic mass is 9.95. The first-order chi connectivity index (χ1) is 10.8. The van der Waals surface area contributed by atoms with Crippen molar-refractivity contribution in [3.63, 3.8) is 0 Å². The Balaban J connectivity index is 1.77. The summed E-state index contributed by atoms with van der Waals surface area (Å²) in [6.07, 6.45) is 7.13. The van der Waals surface area contributed by atoms with Gasteiger partial charge in [0.05, 0.1) is 5.69 Å². The molecule has 0 spiro atoms. The number of hydrogen-bond acceptors (Lipinski definition) is 5. The summed E-state index contributed by atoms with van der Waals surface area (Å²) in [4.78, 5) is 22.7. The Hall–Kier alpha value is -2.31. The standard InChI is InChI=1S/C16H23N5O2/c1-16(2,3)23-15(22)21-7-4-5-11(9-21)12-10-20-8-6-18-13(17)14(20)19-12/h6,8,10-11H,4-5,7,9H2,1-3H3,(H2,17,18). The molecular weight excluding hydrogens is 294 g/mol. The quantitative estimate of drug-likeness (QED) is 0.873. The van der Waals surface area contributed by atoms with Gasteiger partial charge in [0.15, 0.2) is 11.5 Å². The third-order valence-corrected chi connectivity index (χ3v) is 3.91. The zero-order valence-electron chi connectivity index (χ0n) is 13.8. The van der Waals surface area contributed by atoms with Crippen molar-refractivity contribution in [2.24, 2.45) is 0 Å². The van der Waals surface area contributed by atoms with Crippen molar-refractivity contribution in [3.05, 3.63) is 24.3 Å². The number of aromatic nitrogens is 3. The predicted octanol–water partition coefficient (Wildman–Crippen LogP) is 2.43. The number of nitrogens with two attached hydrogens (primary N) is 1. The summed E-state index contributed by atoms with van der Waals surface area (Å²) in [5.41, 5.74) is 6.99. The number of ether oxygens (including phenoxy) is 1. The lowest BCUT2D eigenvalue weighted by Gasteiger charge is -2.33. The highest BCUT2D eigenvalue weighted by molar-refractivity contribution is 5.68. The molecule has 7 nitrogen and oxygen atoms in total. The molecule has 1 amide bonds. The van der Waals surface area contributed by atoms with E-state index in [1.807, 2.05) is 37.6 Å². The zero-order valence-corrected chi connectivity index (χ0v) is 13.8. The first-order valence-electron chi connectivity index (χ1n) is 7.90. The van der Waals surface area contributed by atoms with Crippen LogP contribution in [0, 0.1) is 0 Å². The summed E-state index contributed by atoms with van der Waals surface area (Å²) in [6.45, 7) is 6.98. The first-order valence-corrected chi connectivity index (χ1v) is 7.90. The maximum absolute atomic E-state index is 12.3. The third-order valence-electron chi connectivity index (χ3n) is 3.91. The van der Waals surface area contributed by atoms with Gasteiger partial charge in [-0.05, 0) is 33.6 Å². The van der Waals surface area contributed by atoms with Crippen LogP contribution in [0.2, 0.25) is 0 Å². The number of nitrogen functional groups attached to an aromatic ring is 1. The monoisotopic (exact) mass is 317 g/mol. The van der Waals surface area contributed by atoms with E-state index >= 15 is 0 Å². The zero-order chi connectivity index (χ0) is 16.6. The van der Waals surface area contributed by atoms with E-state index in [-0.39, 0.29) is 12.0 Å². The van der Waals surface area contributed by atoms with Gasteiger partial charge in [0, 0.05) is 37.6 Å². The van der Waals surface area contributed by atoms with Crippen LogP contribution in [0.15, 0.2) is 18.6 Å². The molecule has 1 aliphatic rings. The number of likely N-dealkylation sites (tertiary alicyclic amines) is 1. The van der Waals surface area contributed by atoms with Crippen LogP contribution in [0.1, 0.15) is 45.2 Å². The van der Waals surface area contributed by atoms with E-state index in [0.717, 1.165) is 25.1 Å². The normalized spacial score (nSPS) is 19.1. The second-order valence-electron chi connectivity index (χ2n) is 6.97. The van der Waals surface area contributed by atoms with Crippen molar-refractivity contribution >= 4 is 17.6 Å². The van der Waals surface area contributed by atoms with E-state index in [1.165, 1.54) is 0 Å². The minimum absolute atomic E-state index is 0.190. The molecule has 1 saturated heterocycles. The lowest BCUT2D eigenvalue weighted by Crippen LogP contribution is -2.42. The largest absolute Gasteiger partial charge is 0.444 e. The van der Waals surface area contributed by atoms with Crippen LogP contribution in [0.25, 0.3) is 5.65 Å². The highest BCUT2D eigenvalue weighted by Crippen LogP contribution is 2.28. The smallest absolute Gasteiger partial charge is 0.410 e. The molecule has 23 heavy (non-hydrogen) atoms. The number of carbonyl (C=O) groups excluding carboxylic acids is 1. The highest BCUT2D eigenvalue weighted by Gasteiger charge is 2.29. The number of rotatable bonds is 1. The van der Waals surface area contributed by atoms with E-state index in [9.17, 15) is 4.79 Å². The molecule has 7 heteroatoms. The molecule has 0 aliphatic carbocycles. The summed E-state index contributed by atoms with van der Waals surface area (Å²) < 4.78 is 7.35. The summed E-state index contributed by atoms with van der Waals surface area (Å²) in [7, 11) is 0. The van der Waals surface area contributed by atoms with Crippen molar-refractivity contribution in [1.82, 2.24) is 19.3 Å². The number of nitrogens with zero attached hydrogens (tertiary/aromatic N) is 4. The van der Waals surface area contributed by atoms with Crippen molar-refractivity contribution < 1.29 is 9.53 Å². The van der Waals surface area contributed by atoms with Crippen LogP contribution in [-0.2, 0) is 4.74 Å². The Morgan fingerprint density at radius 1 is 1.43 bits per heavy atom. The number of amides is 1. The van der Waals surface area contributed by atoms with Gasteiger partial charge in [-0.2, -0.15) is 0 Å². The number of fused-ring (bicyclic) bond motifs is 1. The van der Waals surface area contributed by atoms with Gasteiger partial charge in [0.1, 0.15) is 5.60 Å².